The average molecular weight is 315 g/mol. The van der Waals surface area contributed by atoms with E-state index in [1.807, 2.05) is 30.8 Å². The summed E-state index contributed by atoms with van der Waals surface area (Å²) in [6.45, 7) is 0.558. The lowest BCUT2D eigenvalue weighted by Crippen LogP contribution is -2.34. The Labute approximate surface area is 135 Å². The van der Waals surface area contributed by atoms with Crippen LogP contribution in [0.2, 0.25) is 0 Å². The normalized spacial score (nSPS) is 20.7. The Morgan fingerprint density at radius 1 is 1.35 bits per heavy atom. The monoisotopic (exact) mass is 315 g/mol. The van der Waals surface area contributed by atoms with Crippen LogP contribution in [0.4, 0.5) is 4.39 Å². The molecule has 4 nitrogen and oxygen atoms in total. The summed E-state index contributed by atoms with van der Waals surface area (Å²) in [6, 6.07) is 6.59. The van der Waals surface area contributed by atoms with E-state index < -0.39 is 0 Å². The van der Waals surface area contributed by atoms with Crippen LogP contribution >= 0.6 is 0 Å². The highest BCUT2D eigenvalue weighted by Crippen LogP contribution is 2.40. The van der Waals surface area contributed by atoms with Crippen molar-refractivity contribution in [2.24, 2.45) is 13.0 Å². The van der Waals surface area contributed by atoms with Gasteiger partial charge in [0.15, 0.2) is 0 Å². The first-order valence-electron chi connectivity index (χ1n) is 8.02. The topological polar surface area (TPSA) is 38.1 Å². The Balaban J connectivity index is 1.72. The SMILES string of the molecule is CN(Cc1cncn1C)C(=O)[C@@H]1CCC[C@@H]1c1ccc(F)cc1. The molecule has 0 bridgehead atoms. The van der Waals surface area contributed by atoms with Crippen molar-refractivity contribution in [1.82, 2.24) is 14.5 Å². The molecule has 2 aromatic rings. The molecule has 0 N–H and O–H groups in total. The Morgan fingerprint density at radius 2 is 2.09 bits per heavy atom. The Bertz CT molecular complexity index is 680. The van der Waals surface area contributed by atoms with Crippen LogP contribution in [-0.4, -0.2) is 27.4 Å². The lowest BCUT2D eigenvalue weighted by Gasteiger charge is -2.25. The van der Waals surface area contributed by atoms with Crippen molar-refractivity contribution >= 4 is 5.91 Å². The van der Waals surface area contributed by atoms with Gasteiger partial charge in [-0.2, -0.15) is 0 Å². The number of hydrogen-bond acceptors (Lipinski definition) is 2. The number of amides is 1. The Morgan fingerprint density at radius 3 is 2.74 bits per heavy atom. The molecular weight excluding hydrogens is 293 g/mol. The molecule has 3 rings (SSSR count). The quantitative estimate of drug-likeness (QED) is 0.869. The third-order valence-electron chi connectivity index (χ3n) is 4.82. The molecule has 0 radical (unpaired) electrons. The van der Waals surface area contributed by atoms with Crippen molar-refractivity contribution in [3.63, 3.8) is 0 Å². The van der Waals surface area contributed by atoms with Gasteiger partial charge in [0.2, 0.25) is 5.91 Å². The molecule has 1 saturated carbocycles. The highest BCUT2D eigenvalue weighted by atomic mass is 19.1. The van der Waals surface area contributed by atoms with Gasteiger partial charge in [0, 0.05) is 26.2 Å². The van der Waals surface area contributed by atoms with Gasteiger partial charge in [0.1, 0.15) is 5.82 Å². The second-order valence-electron chi connectivity index (χ2n) is 6.39. The van der Waals surface area contributed by atoms with E-state index in [9.17, 15) is 9.18 Å². The van der Waals surface area contributed by atoms with E-state index in [-0.39, 0.29) is 23.6 Å². The molecule has 5 heteroatoms. The van der Waals surface area contributed by atoms with E-state index in [0.717, 1.165) is 30.5 Å². The fourth-order valence-corrected chi connectivity index (χ4v) is 3.51. The molecule has 1 aliphatic rings. The lowest BCUT2D eigenvalue weighted by atomic mass is 9.88. The van der Waals surface area contributed by atoms with E-state index in [2.05, 4.69) is 4.98 Å². The molecule has 1 aliphatic carbocycles. The van der Waals surface area contributed by atoms with E-state index >= 15 is 0 Å². The number of hydrogen-bond donors (Lipinski definition) is 0. The number of benzene rings is 1. The van der Waals surface area contributed by atoms with Crippen molar-refractivity contribution in [2.75, 3.05) is 7.05 Å². The molecule has 0 aliphatic heterocycles. The summed E-state index contributed by atoms with van der Waals surface area (Å²) in [5.41, 5.74) is 2.08. The predicted molar refractivity (Wildman–Crippen MR) is 86.2 cm³/mol. The highest BCUT2D eigenvalue weighted by Gasteiger charge is 2.35. The fourth-order valence-electron chi connectivity index (χ4n) is 3.51. The standard InChI is InChI=1S/C18H22FN3O/c1-21(11-15-10-20-12-22(15)2)18(23)17-5-3-4-16(17)13-6-8-14(19)9-7-13/h6-10,12,16-17H,3-5,11H2,1-2H3/t16-,17-/m1/s1. The van der Waals surface area contributed by atoms with Gasteiger partial charge >= 0.3 is 0 Å². The maximum atomic E-state index is 13.1. The number of nitrogens with zero attached hydrogens (tertiary/aromatic N) is 3. The van der Waals surface area contributed by atoms with E-state index in [1.165, 1.54) is 12.1 Å². The van der Waals surface area contributed by atoms with Gasteiger partial charge in [0.25, 0.3) is 0 Å². The van der Waals surface area contributed by atoms with Gasteiger partial charge in [-0.25, -0.2) is 9.37 Å². The van der Waals surface area contributed by atoms with Crippen molar-refractivity contribution < 1.29 is 9.18 Å². The van der Waals surface area contributed by atoms with Gasteiger partial charge in [-0.05, 0) is 36.5 Å². The summed E-state index contributed by atoms with van der Waals surface area (Å²) in [5.74, 6) is 0.108. The Hall–Kier alpha value is -2.17. The van der Waals surface area contributed by atoms with Crippen LogP contribution in [0, 0.1) is 11.7 Å². The van der Waals surface area contributed by atoms with Gasteiger partial charge in [0.05, 0.1) is 18.6 Å². The minimum Gasteiger partial charge on any atom is -0.340 e. The molecule has 23 heavy (non-hydrogen) atoms. The maximum absolute atomic E-state index is 13.1. The summed E-state index contributed by atoms with van der Waals surface area (Å²) >= 11 is 0. The number of rotatable bonds is 4. The van der Waals surface area contributed by atoms with Crippen molar-refractivity contribution in [1.29, 1.82) is 0 Å². The van der Waals surface area contributed by atoms with Crippen LogP contribution < -0.4 is 0 Å². The minimum atomic E-state index is -0.233. The first kappa shape index (κ1) is 15.7. The third kappa shape index (κ3) is 3.28. The molecule has 1 amide bonds. The highest BCUT2D eigenvalue weighted by molar-refractivity contribution is 5.80. The molecule has 2 atom stereocenters. The first-order valence-corrected chi connectivity index (χ1v) is 8.02. The third-order valence-corrected chi connectivity index (χ3v) is 4.82. The number of aromatic nitrogens is 2. The molecule has 1 heterocycles. The smallest absolute Gasteiger partial charge is 0.226 e. The van der Waals surface area contributed by atoms with Crippen LogP contribution in [-0.2, 0) is 18.4 Å². The number of aryl methyl sites for hydroxylation is 1. The van der Waals surface area contributed by atoms with Crippen LogP contribution in [0.3, 0.4) is 0 Å². The van der Waals surface area contributed by atoms with Gasteiger partial charge < -0.3 is 9.47 Å². The second kappa shape index (κ2) is 6.52. The van der Waals surface area contributed by atoms with Gasteiger partial charge in [-0.3, -0.25) is 4.79 Å². The van der Waals surface area contributed by atoms with E-state index in [0.29, 0.717) is 6.54 Å². The van der Waals surface area contributed by atoms with Gasteiger partial charge in [-0.15, -0.1) is 0 Å². The lowest BCUT2D eigenvalue weighted by molar-refractivity contribution is -0.135. The van der Waals surface area contributed by atoms with Crippen LogP contribution in [0.5, 0.6) is 0 Å². The zero-order valence-electron chi connectivity index (χ0n) is 13.6. The fraction of sp³-hybridized carbons (Fsp3) is 0.444. The molecule has 1 fully saturated rings. The van der Waals surface area contributed by atoms with Crippen LogP contribution in [0.25, 0.3) is 0 Å². The van der Waals surface area contributed by atoms with Crippen molar-refractivity contribution in [3.8, 4) is 0 Å². The average Bonchev–Trinajstić information content (AvgIpc) is 3.17. The summed E-state index contributed by atoms with van der Waals surface area (Å²) in [5, 5.41) is 0. The Kier molecular flexibility index (Phi) is 4.46. The largest absolute Gasteiger partial charge is 0.340 e. The van der Waals surface area contributed by atoms with Crippen molar-refractivity contribution in [2.45, 2.75) is 31.7 Å². The van der Waals surface area contributed by atoms with Gasteiger partial charge in [-0.1, -0.05) is 18.6 Å². The number of imidazole rings is 1. The molecule has 0 saturated heterocycles. The van der Waals surface area contributed by atoms with E-state index in [4.69, 9.17) is 0 Å². The molecule has 0 unspecified atom stereocenters. The summed E-state index contributed by atoms with van der Waals surface area (Å²) in [6.07, 6.45) is 6.45. The summed E-state index contributed by atoms with van der Waals surface area (Å²) < 4.78 is 15.1. The maximum Gasteiger partial charge on any atom is 0.226 e. The first-order chi connectivity index (χ1) is 11.1. The van der Waals surface area contributed by atoms with Crippen molar-refractivity contribution in [3.05, 3.63) is 53.9 Å². The molecule has 0 spiro atoms. The predicted octanol–water partition coefficient (Wildman–Crippen LogP) is 3.10. The molecule has 1 aromatic heterocycles. The second-order valence-corrected chi connectivity index (χ2v) is 6.39. The summed E-state index contributed by atoms with van der Waals surface area (Å²) in [7, 11) is 3.77. The zero-order valence-corrected chi connectivity index (χ0v) is 13.6. The molecular formula is C18H22FN3O. The van der Waals surface area contributed by atoms with E-state index in [1.54, 1.807) is 17.4 Å². The minimum absolute atomic E-state index is 0.0151. The zero-order chi connectivity index (χ0) is 16.4. The van der Waals surface area contributed by atoms with Crippen LogP contribution in [0.1, 0.15) is 36.4 Å². The number of halogens is 1. The number of carbonyl (C=O) groups excluding carboxylic acids is 1. The summed E-state index contributed by atoms with van der Waals surface area (Å²) in [4.78, 5) is 18.7. The molecule has 1 aromatic carbocycles. The number of carbonyl (C=O) groups is 1. The van der Waals surface area contributed by atoms with Crippen LogP contribution in [0.15, 0.2) is 36.8 Å². The molecule has 122 valence electrons.